The highest BCUT2D eigenvalue weighted by molar-refractivity contribution is 5.61. The van der Waals surface area contributed by atoms with Crippen molar-refractivity contribution >= 4 is 5.88 Å². The number of nitrogen functional groups attached to an aromatic ring is 1. The summed E-state index contributed by atoms with van der Waals surface area (Å²) in [4.78, 5) is 0. The molecule has 78 valence electrons. The fourth-order valence-electron chi connectivity index (χ4n) is 1.14. The summed E-state index contributed by atoms with van der Waals surface area (Å²) in [6, 6.07) is 2.35. The van der Waals surface area contributed by atoms with Gasteiger partial charge in [0.2, 0.25) is 5.88 Å². The van der Waals surface area contributed by atoms with Crippen molar-refractivity contribution in [1.29, 1.82) is 0 Å². The van der Waals surface area contributed by atoms with Crippen molar-refractivity contribution in [3.05, 3.63) is 35.7 Å². The second-order valence-corrected chi connectivity index (χ2v) is 2.86. The Balaban J connectivity index is 2.58. The Bertz CT molecular complexity index is 510. The summed E-state index contributed by atoms with van der Waals surface area (Å²) < 4.78 is 43.1. The molecule has 0 unspecified atom stereocenters. The molecule has 2 N–H and O–H groups in total. The number of nitrogens with two attached hydrogens (primary N) is 1. The van der Waals surface area contributed by atoms with E-state index in [4.69, 9.17) is 5.73 Å². The molecule has 0 aliphatic rings. The molecule has 2 aromatic rings. The topological polar surface area (TPSA) is 52.0 Å². The maximum Gasteiger partial charge on any atom is 0.222 e. The van der Waals surface area contributed by atoms with Gasteiger partial charge in [0.1, 0.15) is 11.5 Å². The van der Waals surface area contributed by atoms with Crippen molar-refractivity contribution in [2.24, 2.45) is 0 Å². The first-order chi connectivity index (χ1) is 7.08. The van der Waals surface area contributed by atoms with Crippen LogP contribution in [0.25, 0.3) is 11.3 Å². The van der Waals surface area contributed by atoms with Crippen LogP contribution in [0.15, 0.2) is 22.7 Å². The Hall–Kier alpha value is -1.98. The van der Waals surface area contributed by atoms with E-state index in [1.54, 1.807) is 0 Å². The molecule has 0 radical (unpaired) electrons. The smallest absolute Gasteiger partial charge is 0.222 e. The third kappa shape index (κ3) is 1.65. The van der Waals surface area contributed by atoms with Crippen molar-refractivity contribution in [1.82, 2.24) is 5.16 Å². The zero-order valence-electron chi connectivity index (χ0n) is 7.30. The molecule has 3 nitrogen and oxygen atoms in total. The second kappa shape index (κ2) is 3.30. The van der Waals surface area contributed by atoms with Crippen molar-refractivity contribution in [3.8, 4) is 11.3 Å². The molecule has 1 aromatic carbocycles. The first kappa shape index (κ1) is 9.57. The fraction of sp³-hybridized carbons (Fsp3) is 0. The van der Waals surface area contributed by atoms with Crippen LogP contribution in [-0.4, -0.2) is 5.16 Å². The van der Waals surface area contributed by atoms with Gasteiger partial charge in [-0.1, -0.05) is 5.16 Å². The van der Waals surface area contributed by atoms with Crippen molar-refractivity contribution in [2.75, 3.05) is 5.73 Å². The zero-order valence-corrected chi connectivity index (χ0v) is 7.30. The Morgan fingerprint density at radius 2 is 1.67 bits per heavy atom. The van der Waals surface area contributed by atoms with E-state index >= 15 is 0 Å². The minimum atomic E-state index is -1.26. The average Bonchev–Trinajstić information content (AvgIpc) is 2.58. The predicted molar refractivity (Wildman–Crippen MR) is 46.2 cm³/mol. The number of benzene rings is 1. The minimum Gasteiger partial charge on any atom is -0.368 e. The zero-order chi connectivity index (χ0) is 11.0. The molecule has 0 spiro atoms. The number of hydrogen-bond donors (Lipinski definition) is 1. The maximum absolute atomic E-state index is 13.2. The Labute approximate surface area is 82.3 Å². The summed E-state index contributed by atoms with van der Waals surface area (Å²) in [6.07, 6.45) is 0. The van der Waals surface area contributed by atoms with E-state index in [-0.39, 0.29) is 17.1 Å². The molecule has 0 saturated heterocycles. The standard InChI is InChI=1S/C9H5F3N2O/c10-5-2-7(12)6(11)1-4(5)8-3-9(13)15-14-8/h1-3H,13H2. The van der Waals surface area contributed by atoms with Crippen LogP contribution in [0.3, 0.4) is 0 Å². The molecule has 0 fully saturated rings. The summed E-state index contributed by atoms with van der Waals surface area (Å²) >= 11 is 0. The van der Waals surface area contributed by atoms with Gasteiger partial charge in [-0.05, 0) is 6.07 Å². The van der Waals surface area contributed by atoms with E-state index in [0.717, 1.165) is 0 Å². The number of nitrogens with zero attached hydrogens (tertiary/aromatic N) is 1. The molecular weight excluding hydrogens is 209 g/mol. The summed E-state index contributed by atoms with van der Waals surface area (Å²) in [5, 5.41) is 3.39. The molecule has 1 heterocycles. The summed E-state index contributed by atoms with van der Waals surface area (Å²) in [6.45, 7) is 0. The van der Waals surface area contributed by atoms with Gasteiger partial charge in [-0.25, -0.2) is 13.2 Å². The van der Waals surface area contributed by atoms with Crippen molar-refractivity contribution in [2.45, 2.75) is 0 Å². The van der Waals surface area contributed by atoms with E-state index in [1.807, 2.05) is 0 Å². The van der Waals surface area contributed by atoms with Gasteiger partial charge < -0.3 is 10.3 Å². The molecule has 1 aromatic heterocycles. The summed E-state index contributed by atoms with van der Waals surface area (Å²) in [5.41, 5.74) is 5.03. The first-order valence-electron chi connectivity index (χ1n) is 3.95. The summed E-state index contributed by atoms with van der Waals surface area (Å²) in [5.74, 6) is -3.38. The number of hydrogen-bond acceptors (Lipinski definition) is 3. The van der Waals surface area contributed by atoms with E-state index in [9.17, 15) is 13.2 Å². The Morgan fingerprint density at radius 3 is 2.27 bits per heavy atom. The van der Waals surface area contributed by atoms with E-state index < -0.39 is 17.5 Å². The molecule has 2 rings (SSSR count). The van der Waals surface area contributed by atoms with E-state index in [0.29, 0.717) is 12.1 Å². The normalized spacial score (nSPS) is 10.6. The fourth-order valence-corrected chi connectivity index (χ4v) is 1.14. The van der Waals surface area contributed by atoms with Crippen LogP contribution in [0.2, 0.25) is 0 Å². The molecule has 0 amide bonds. The lowest BCUT2D eigenvalue weighted by atomic mass is 10.1. The van der Waals surface area contributed by atoms with Crippen LogP contribution in [-0.2, 0) is 0 Å². The van der Waals surface area contributed by atoms with Crippen LogP contribution >= 0.6 is 0 Å². The number of aromatic nitrogens is 1. The van der Waals surface area contributed by atoms with Crippen molar-refractivity contribution < 1.29 is 17.7 Å². The predicted octanol–water partition coefficient (Wildman–Crippen LogP) is 2.34. The van der Waals surface area contributed by atoms with Crippen LogP contribution < -0.4 is 5.73 Å². The molecule has 0 bridgehead atoms. The highest BCUT2D eigenvalue weighted by atomic mass is 19.2. The molecule has 6 heteroatoms. The van der Waals surface area contributed by atoms with Gasteiger partial charge in [0.25, 0.3) is 0 Å². The van der Waals surface area contributed by atoms with Crippen LogP contribution in [0.5, 0.6) is 0 Å². The van der Waals surface area contributed by atoms with E-state index in [1.165, 1.54) is 6.07 Å². The molecular formula is C9H5F3N2O. The third-order valence-corrected chi connectivity index (χ3v) is 1.81. The van der Waals surface area contributed by atoms with Crippen LogP contribution in [0.4, 0.5) is 19.1 Å². The molecule has 0 saturated carbocycles. The molecule has 0 aliphatic carbocycles. The van der Waals surface area contributed by atoms with Gasteiger partial charge in [-0.2, -0.15) is 0 Å². The van der Waals surface area contributed by atoms with Gasteiger partial charge >= 0.3 is 0 Å². The number of rotatable bonds is 1. The van der Waals surface area contributed by atoms with Crippen LogP contribution in [0, 0.1) is 17.5 Å². The molecule has 0 aliphatic heterocycles. The van der Waals surface area contributed by atoms with Gasteiger partial charge in [-0.15, -0.1) is 0 Å². The van der Waals surface area contributed by atoms with E-state index in [2.05, 4.69) is 9.68 Å². The van der Waals surface area contributed by atoms with Crippen molar-refractivity contribution in [3.63, 3.8) is 0 Å². The molecule has 0 atom stereocenters. The lowest BCUT2D eigenvalue weighted by Crippen LogP contribution is -1.91. The summed E-state index contributed by atoms with van der Waals surface area (Å²) in [7, 11) is 0. The highest BCUT2D eigenvalue weighted by Crippen LogP contribution is 2.25. The maximum atomic E-state index is 13.2. The Morgan fingerprint density at radius 1 is 1.00 bits per heavy atom. The first-order valence-corrected chi connectivity index (χ1v) is 3.95. The Kier molecular flexibility index (Phi) is 2.11. The van der Waals surface area contributed by atoms with Gasteiger partial charge in [0.05, 0.1) is 0 Å². The minimum absolute atomic E-state index is 0.0175. The SMILES string of the molecule is Nc1cc(-c2cc(F)c(F)cc2F)no1. The second-order valence-electron chi connectivity index (χ2n) is 2.86. The van der Waals surface area contributed by atoms with Crippen LogP contribution in [0.1, 0.15) is 0 Å². The monoisotopic (exact) mass is 214 g/mol. The average molecular weight is 214 g/mol. The van der Waals surface area contributed by atoms with Gasteiger partial charge in [-0.3, -0.25) is 0 Å². The molecule has 15 heavy (non-hydrogen) atoms. The van der Waals surface area contributed by atoms with Gasteiger partial charge in [0, 0.05) is 17.7 Å². The lowest BCUT2D eigenvalue weighted by molar-refractivity contribution is 0.438. The van der Waals surface area contributed by atoms with Gasteiger partial charge in [0.15, 0.2) is 11.6 Å². The number of halogens is 3. The largest absolute Gasteiger partial charge is 0.368 e. The third-order valence-electron chi connectivity index (χ3n) is 1.81. The lowest BCUT2D eigenvalue weighted by Gasteiger charge is -1.99. The number of anilines is 1. The quantitative estimate of drug-likeness (QED) is 0.741. The highest BCUT2D eigenvalue weighted by Gasteiger charge is 2.14.